The number of hydrogen-bond donors (Lipinski definition) is 1. The molecule has 2 aromatic rings. The van der Waals surface area contributed by atoms with Crippen molar-refractivity contribution in [3.8, 4) is 0 Å². The molecule has 1 heterocycles. The van der Waals surface area contributed by atoms with Gasteiger partial charge in [0.15, 0.2) is 0 Å². The van der Waals surface area contributed by atoms with Crippen molar-refractivity contribution in [2.24, 2.45) is 10.9 Å². The van der Waals surface area contributed by atoms with E-state index in [2.05, 4.69) is 23.6 Å². The summed E-state index contributed by atoms with van der Waals surface area (Å²) >= 11 is 11.8. The van der Waals surface area contributed by atoms with Gasteiger partial charge in [-0.05, 0) is 36.2 Å². The molecule has 1 atom stereocenters. The van der Waals surface area contributed by atoms with Crippen LogP contribution in [-0.2, 0) is 14.8 Å². The van der Waals surface area contributed by atoms with E-state index in [0.29, 0.717) is 29.7 Å². The van der Waals surface area contributed by atoms with Gasteiger partial charge in [-0.25, -0.2) is 13.4 Å². The van der Waals surface area contributed by atoms with Gasteiger partial charge in [0.05, 0.1) is 22.2 Å². The predicted molar refractivity (Wildman–Crippen MR) is 105 cm³/mol. The molecule has 0 amide bonds. The molecule has 0 aromatic heterocycles. The second-order valence-electron chi connectivity index (χ2n) is 6.31. The van der Waals surface area contributed by atoms with Crippen LogP contribution < -0.4 is 4.72 Å². The largest absolute Gasteiger partial charge is 0.475 e. The first-order chi connectivity index (χ1) is 12.3. The Labute approximate surface area is 163 Å². The van der Waals surface area contributed by atoms with E-state index in [1.807, 2.05) is 0 Å². The van der Waals surface area contributed by atoms with Gasteiger partial charge in [-0.1, -0.05) is 49.2 Å². The van der Waals surface area contributed by atoms with E-state index in [4.69, 9.17) is 27.9 Å². The van der Waals surface area contributed by atoms with Crippen LogP contribution in [0.1, 0.15) is 19.4 Å². The molecule has 2 aromatic carbocycles. The average Bonchev–Trinajstić information content (AvgIpc) is 3.04. The van der Waals surface area contributed by atoms with Crippen LogP contribution in [0.15, 0.2) is 52.4 Å². The van der Waals surface area contributed by atoms with Crippen molar-refractivity contribution in [2.45, 2.75) is 24.8 Å². The molecule has 5 nitrogen and oxygen atoms in total. The monoisotopic (exact) mass is 412 g/mol. The lowest BCUT2D eigenvalue weighted by Gasteiger charge is -2.13. The Morgan fingerprint density at radius 1 is 1.15 bits per heavy atom. The first-order valence-electron chi connectivity index (χ1n) is 8.05. The molecule has 0 fully saturated rings. The summed E-state index contributed by atoms with van der Waals surface area (Å²) in [5, 5.41) is 0.490. The summed E-state index contributed by atoms with van der Waals surface area (Å²) < 4.78 is 33.7. The number of para-hydroxylation sites is 1. The Balaban J connectivity index is 1.95. The lowest BCUT2D eigenvalue weighted by atomic mass is 10.1. The Kier molecular flexibility index (Phi) is 5.46. The normalized spacial score (nSPS) is 17.1. The van der Waals surface area contributed by atoms with Crippen molar-refractivity contribution in [2.75, 3.05) is 11.3 Å². The van der Waals surface area contributed by atoms with Gasteiger partial charge in [0.1, 0.15) is 6.61 Å². The molecule has 0 bridgehead atoms. The van der Waals surface area contributed by atoms with Crippen LogP contribution in [0.2, 0.25) is 10.0 Å². The Morgan fingerprint density at radius 3 is 2.42 bits per heavy atom. The van der Waals surface area contributed by atoms with Crippen molar-refractivity contribution in [1.29, 1.82) is 0 Å². The number of nitrogens with one attached hydrogen (secondary N) is 1. The van der Waals surface area contributed by atoms with Gasteiger partial charge >= 0.3 is 0 Å². The summed E-state index contributed by atoms with van der Waals surface area (Å²) in [7, 11) is -3.87. The van der Waals surface area contributed by atoms with Crippen molar-refractivity contribution in [1.82, 2.24) is 0 Å². The summed E-state index contributed by atoms with van der Waals surface area (Å²) in [4.78, 5) is 4.55. The summed E-state index contributed by atoms with van der Waals surface area (Å²) in [6.07, 6.45) is 0. The summed E-state index contributed by atoms with van der Waals surface area (Å²) in [6.45, 7) is 4.62. The molecule has 0 saturated carbocycles. The smallest absolute Gasteiger partial charge is 0.262 e. The lowest BCUT2D eigenvalue weighted by Crippen LogP contribution is -2.16. The molecule has 0 radical (unpaired) electrons. The van der Waals surface area contributed by atoms with E-state index in [-0.39, 0.29) is 21.0 Å². The molecule has 1 aliphatic rings. The Bertz CT molecular complexity index is 938. The quantitative estimate of drug-likeness (QED) is 0.779. The van der Waals surface area contributed by atoms with Crippen LogP contribution >= 0.6 is 23.2 Å². The number of benzene rings is 2. The molecule has 1 N–H and O–H groups in total. The maximum Gasteiger partial charge on any atom is 0.262 e. The molecule has 138 valence electrons. The third kappa shape index (κ3) is 4.14. The van der Waals surface area contributed by atoms with Crippen LogP contribution in [0, 0.1) is 5.92 Å². The van der Waals surface area contributed by atoms with Crippen LogP contribution in [0.3, 0.4) is 0 Å². The van der Waals surface area contributed by atoms with Gasteiger partial charge in [-0.2, -0.15) is 0 Å². The van der Waals surface area contributed by atoms with Gasteiger partial charge in [0, 0.05) is 10.0 Å². The highest BCUT2D eigenvalue weighted by Crippen LogP contribution is 2.27. The number of anilines is 1. The van der Waals surface area contributed by atoms with Crippen LogP contribution in [0.25, 0.3) is 0 Å². The molecule has 0 unspecified atom stereocenters. The zero-order valence-corrected chi connectivity index (χ0v) is 16.6. The SMILES string of the molecule is CC(C)[C@@H]1COC(c2ccccc2NS(=O)(=O)c2cc(Cl)cc(Cl)c2)=N1. The molecule has 0 aliphatic carbocycles. The van der Waals surface area contributed by atoms with Crippen LogP contribution in [-0.4, -0.2) is 27.0 Å². The number of nitrogens with zero attached hydrogens (tertiary/aromatic N) is 1. The summed E-state index contributed by atoms with van der Waals surface area (Å²) in [6, 6.07) is 11.2. The highest BCUT2D eigenvalue weighted by Gasteiger charge is 2.25. The van der Waals surface area contributed by atoms with Gasteiger partial charge in [-0.3, -0.25) is 4.72 Å². The molecule has 3 rings (SSSR count). The topological polar surface area (TPSA) is 67.8 Å². The average molecular weight is 413 g/mol. The second kappa shape index (κ2) is 7.47. The third-order valence-electron chi connectivity index (χ3n) is 3.99. The van der Waals surface area contributed by atoms with E-state index in [0.717, 1.165) is 0 Å². The molecule has 26 heavy (non-hydrogen) atoms. The highest BCUT2D eigenvalue weighted by atomic mass is 35.5. The fourth-order valence-corrected chi connectivity index (χ4v) is 4.33. The maximum absolute atomic E-state index is 12.7. The number of aliphatic imine (C=N–C) groups is 1. The fraction of sp³-hybridized carbons (Fsp3) is 0.278. The minimum Gasteiger partial charge on any atom is -0.475 e. The summed E-state index contributed by atoms with van der Waals surface area (Å²) in [5.74, 6) is 0.774. The predicted octanol–water partition coefficient (Wildman–Crippen LogP) is 4.60. The number of ether oxygens (including phenoxy) is 1. The fourth-order valence-electron chi connectivity index (χ4n) is 2.52. The van der Waals surface area contributed by atoms with Gasteiger partial charge < -0.3 is 4.74 Å². The first kappa shape index (κ1) is 19.0. The zero-order chi connectivity index (χ0) is 18.9. The van der Waals surface area contributed by atoms with E-state index < -0.39 is 10.0 Å². The molecular formula is C18H18Cl2N2O3S. The third-order valence-corrected chi connectivity index (χ3v) is 5.77. The van der Waals surface area contributed by atoms with E-state index >= 15 is 0 Å². The van der Waals surface area contributed by atoms with Crippen molar-refractivity contribution in [3.05, 3.63) is 58.1 Å². The van der Waals surface area contributed by atoms with Crippen LogP contribution in [0.4, 0.5) is 5.69 Å². The summed E-state index contributed by atoms with van der Waals surface area (Å²) in [5.41, 5.74) is 0.971. The minimum atomic E-state index is -3.87. The van der Waals surface area contributed by atoms with Crippen molar-refractivity contribution >= 4 is 44.8 Å². The number of sulfonamides is 1. The molecule has 1 aliphatic heterocycles. The van der Waals surface area contributed by atoms with Gasteiger partial charge in [-0.15, -0.1) is 0 Å². The number of halogens is 2. The Morgan fingerprint density at radius 2 is 1.81 bits per heavy atom. The van der Waals surface area contributed by atoms with E-state index in [9.17, 15) is 8.42 Å². The van der Waals surface area contributed by atoms with Crippen LogP contribution in [0.5, 0.6) is 0 Å². The minimum absolute atomic E-state index is 0.0147. The number of hydrogen-bond acceptors (Lipinski definition) is 4. The molecule has 0 spiro atoms. The van der Waals surface area contributed by atoms with Crippen molar-refractivity contribution in [3.63, 3.8) is 0 Å². The van der Waals surface area contributed by atoms with E-state index in [1.165, 1.54) is 18.2 Å². The molecular weight excluding hydrogens is 395 g/mol. The standard InChI is InChI=1S/C18H18Cl2N2O3S/c1-11(2)17-10-25-18(21-17)15-5-3-4-6-16(15)22-26(23,24)14-8-12(19)7-13(20)9-14/h3-9,11,17,22H,10H2,1-2H3/t17-/m0/s1. The van der Waals surface area contributed by atoms with E-state index in [1.54, 1.807) is 24.3 Å². The molecule has 0 saturated heterocycles. The maximum atomic E-state index is 12.7. The molecule has 8 heteroatoms. The first-order valence-corrected chi connectivity index (χ1v) is 10.3. The van der Waals surface area contributed by atoms with Gasteiger partial charge in [0.25, 0.3) is 10.0 Å². The number of rotatable bonds is 5. The van der Waals surface area contributed by atoms with Crippen molar-refractivity contribution < 1.29 is 13.2 Å². The Hall–Kier alpha value is -1.76. The zero-order valence-electron chi connectivity index (χ0n) is 14.2. The van der Waals surface area contributed by atoms with Gasteiger partial charge in [0.2, 0.25) is 5.90 Å². The lowest BCUT2D eigenvalue weighted by molar-refractivity contribution is 0.292. The highest BCUT2D eigenvalue weighted by molar-refractivity contribution is 7.92. The second-order valence-corrected chi connectivity index (χ2v) is 8.87.